The molecule has 0 radical (unpaired) electrons. The molecule has 0 bridgehead atoms. The van der Waals surface area contributed by atoms with Crippen molar-refractivity contribution in [1.82, 2.24) is 0 Å². The highest BCUT2D eigenvalue weighted by Gasteiger charge is 2.26. The molecule has 11 heavy (non-hydrogen) atoms. The maximum absolute atomic E-state index is 11.4. The average molecular weight is 172 g/mol. The van der Waals surface area contributed by atoms with Crippen LogP contribution in [-0.4, -0.2) is 30.5 Å². The zero-order valence-corrected chi connectivity index (χ0v) is 5.52. The van der Waals surface area contributed by atoms with Crippen molar-refractivity contribution in [2.24, 2.45) is 0 Å². The Balaban J connectivity index is 3.22. The molecule has 0 aromatic rings. The van der Waals surface area contributed by atoms with E-state index in [0.29, 0.717) is 0 Å². The third-order valence-corrected chi connectivity index (χ3v) is 0.755. The van der Waals surface area contributed by atoms with E-state index in [1.807, 2.05) is 0 Å². The average Bonchev–Trinajstić information content (AvgIpc) is 1.78. The largest absolute Gasteiger partial charge is 0.480 e. The monoisotopic (exact) mass is 172 g/mol. The van der Waals surface area contributed by atoms with E-state index in [1.165, 1.54) is 0 Å². The van der Waals surface area contributed by atoms with Gasteiger partial charge in [-0.3, -0.25) is 0 Å². The van der Waals surface area contributed by atoms with E-state index in [0.717, 1.165) is 0 Å². The Labute approximate surface area is 60.8 Å². The Hall–Kier alpha value is -0.780. The lowest BCUT2D eigenvalue weighted by Crippen LogP contribution is -2.14. The maximum atomic E-state index is 11.4. The molecule has 0 heterocycles. The second-order valence-corrected chi connectivity index (χ2v) is 1.81. The van der Waals surface area contributed by atoms with Gasteiger partial charge in [0, 0.05) is 0 Å². The van der Waals surface area contributed by atoms with Crippen LogP contribution in [0.2, 0.25) is 0 Å². The van der Waals surface area contributed by atoms with Crippen LogP contribution >= 0.6 is 0 Å². The fourth-order valence-electron chi connectivity index (χ4n) is 0.347. The summed E-state index contributed by atoms with van der Waals surface area (Å²) in [6, 6.07) is 0. The minimum Gasteiger partial charge on any atom is -0.480 e. The molecule has 0 amide bonds. The van der Waals surface area contributed by atoms with Crippen LogP contribution in [-0.2, 0) is 9.53 Å². The van der Waals surface area contributed by atoms with Crippen molar-refractivity contribution in [3.8, 4) is 0 Å². The highest BCUT2D eigenvalue weighted by Crippen LogP contribution is 2.18. The second-order valence-electron chi connectivity index (χ2n) is 1.81. The van der Waals surface area contributed by atoms with Gasteiger partial charge in [0.25, 0.3) is 0 Å². The normalized spacial score (nSPS) is 11.5. The van der Waals surface area contributed by atoms with Crippen LogP contribution in [0.15, 0.2) is 0 Å². The van der Waals surface area contributed by atoms with Gasteiger partial charge >= 0.3 is 12.1 Å². The zero-order valence-electron chi connectivity index (χ0n) is 5.52. The maximum Gasteiger partial charge on any atom is 0.391 e. The minimum absolute atomic E-state index is 0.601. The Morgan fingerprint density at radius 1 is 1.45 bits per heavy atom. The van der Waals surface area contributed by atoms with E-state index in [9.17, 15) is 18.0 Å². The van der Waals surface area contributed by atoms with E-state index < -0.39 is 31.8 Å². The lowest BCUT2D eigenvalue weighted by molar-refractivity contribution is -0.154. The zero-order chi connectivity index (χ0) is 8.91. The Morgan fingerprint density at radius 2 is 2.00 bits per heavy atom. The standard InChI is InChI=1S/C5H7F3O3/c6-5(7,8)1-2-11-3-4(9)10/h1-3H2,(H,9,10). The molecule has 0 saturated carbocycles. The lowest BCUT2D eigenvalue weighted by atomic mass is 10.4. The predicted molar refractivity (Wildman–Crippen MR) is 29.1 cm³/mol. The Kier molecular flexibility index (Phi) is 3.88. The number of rotatable bonds is 4. The quantitative estimate of drug-likeness (QED) is 0.644. The van der Waals surface area contributed by atoms with Crippen LogP contribution < -0.4 is 0 Å². The first-order chi connectivity index (χ1) is 4.92. The van der Waals surface area contributed by atoms with Gasteiger partial charge in [-0.25, -0.2) is 4.79 Å². The van der Waals surface area contributed by atoms with E-state index in [-0.39, 0.29) is 0 Å². The van der Waals surface area contributed by atoms with Gasteiger partial charge in [-0.1, -0.05) is 0 Å². The van der Waals surface area contributed by atoms with Crippen molar-refractivity contribution in [3.63, 3.8) is 0 Å². The molecule has 66 valence electrons. The predicted octanol–water partition coefficient (Wildman–Crippen LogP) is 1.04. The number of ether oxygens (including phenoxy) is 1. The van der Waals surface area contributed by atoms with Gasteiger partial charge in [-0.2, -0.15) is 13.2 Å². The lowest BCUT2D eigenvalue weighted by Gasteiger charge is -2.04. The summed E-state index contributed by atoms with van der Waals surface area (Å²) in [7, 11) is 0. The van der Waals surface area contributed by atoms with E-state index in [4.69, 9.17) is 5.11 Å². The number of carboxylic acid groups (broad SMARTS) is 1. The first-order valence-corrected chi connectivity index (χ1v) is 2.78. The molecule has 0 aliphatic carbocycles. The van der Waals surface area contributed by atoms with Crippen LogP contribution in [0.5, 0.6) is 0 Å². The van der Waals surface area contributed by atoms with Gasteiger partial charge < -0.3 is 9.84 Å². The molecule has 0 spiro atoms. The summed E-state index contributed by atoms with van der Waals surface area (Å²) in [5.74, 6) is -1.27. The van der Waals surface area contributed by atoms with E-state index >= 15 is 0 Å². The summed E-state index contributed by atoms with van der Waals surface area (Å²) in [6.07, 6.45) is -5.39. The van der Waals surface area contributed by atoms with Gasteiger partial charge in [0.2, 0.25) is 0 Å². The third kappa shape index (κ3) is 9.22. The Morgan fingerprint density at radius 3 is 2.36 bits per heavy atom. The molecule has 0 aliphatic heterocycles. The molecular weight excluding hydrogens is 165 g/mol. The smallest absolute Gasteiger partial charge is 0.391 e. The molecule has 3 nitrogen and oxygen atoms in total. The van der Waals surface area contributed by atoms with Gasteiger partial charge in [0.05, 0.1) is 13.0 Å². The summed E-state index contributed by atoms with van der Waals surface area (Å²) >= 11 is 0. The van der Waals surface area contributed by atoms with Crippen molar-refractivity contribution in [2.75, 3.05) is 13.2 Å². The molecule has 0 aliphatic rings. The summed E-state index contributed by atoms with van der Waals surface area (Å²) in [5.41, 5.74) is 0. The SMILES string of the molecule is O=C(O)COCCC(F)(F)F. The highest BCUT2D eigenvalue weighted by molar-refractivity contribution is 5.67. The van der Waals surface area contributed by atoms with Crippen LogP contribution in [0.1, 0.15) is 6.42 Å². The van der Waals surface area contributed by atoms with E-state index in [1.54, 1.807) is 0 Å². The minimum atomic E-state index is -4.28. The summed E-state index contributed by atoms with van der Waals surface area (Å²) in [5, 5.41) is 7.94. The fraction of sp³-hybridized carbons (Fsp3) is 0.800. The van der Waals surface area contributed by atoms with Gasteiger partial charge in [0.1, 0.15) is 6.61 Å². The van der Waals surface area contributed by atoms with Crippen molar-refractivity contribution in [1.29, 1.82) is 0 Å². The van der Waals surface area contributed by atoms with Crippen molar-refractivity contribution in [3.05, 3.63) is 0 Å². The van der Waals surface area contributed by atoms with Crippen LogP contribution in [0.25, 0.3) is 0 Å². The number of hydrogen-bond donors (Lipinski definition) is 1. The molecule has 0 rings (SSSR count). The molecule has 0 atom stereocenters. The summed E-state index contributed by atoms with van der Waals surface area (Å²) in [4.78, 5) is 9.72. The second kappa shape index (κ2) is 4.17. The van der Waals surface area contributed by atoms with Gasteiger partial charge in [-0.05, 0) is 0 Å². The number of hydrogen-bond acceptors (Lipinski definition) is 2. The summed E-state index contributed by atoms with van der Waals surface area (Å²) in [6.45, 7) is -1.29. The first kappa shape index (κ1) is 10.2. The van der Waals surface area contributed by atoms with Crippen LogP contribution in [0.4, 0.5) is 13.2 Å². The summed E-state index contributed by atoms with van der Waals surface area (Å²) < 4.78 is 38.2. The number of alkyl halides is 3. The molecule has 0 unspecified atom stereocenters. The topological polar surface area (TPSA) is 46.5 Å². The van der Waals surface area contributed by atoms with Crippen LogP contribution in [0.3, 0.4) is 0 Å². The highest BCUT2D eigenvalue weighted by atomic mass is 19.4. The molecule has 0 saturated heterocycles. The molecule has 1 N–H and O–H groups in total. The van der Waals surface area contributed by atoms with Gasteiger partial charge in [0.15, 0.2) is 0 Å². The molecule has 6 heteroatoms. The van der Waals surface area contributed by atoms with Gasteiger partial charge in [-0.15, -0.1) is 0 Å². The van der Waals surface area contributed by atoms with E-state index in [2.05, 4.69) is 4.74 Å². The number of carboxylic acids is 1. The first-order valence-electron chi connectivity index (χ1n) is 2.78. The molecular formula is C5H7F3O3. The number of halogens is 3. The van der Waals surface area contributed by atoms with Crippen molar-refractivity contribution in [2.45, 2.75) is 12.6 Å². The molecule has 0 aromatic carbocycles. The Bertz CT molecular complexity index is 131. The third-order valence-electron chi connectivity index (χ3n) is 0.755. The van der Waals surface area contributed by atoms with Crippen molar-refractivity contribution >= 4 is 5.97 Å². The van der Waals surface area contributed by atoms with Crippen molar-refractivity contribution < 1.29 is 27.8 Å². The molecule has 0 aromatic heterocycles. The number of carbonyl (C=O) groups is 1. The molecule has 0 fully saturated rings. The fourth-order valence-corrected chi connectivity index (χ4v) is 0.347. The number of aliphatic carboxylic acids is 1. The van der Waals surface area contributed by atoms with Crippen LogP contribution in [0, 0.1) is 0 Å².